The van der Waals surface area contributed by atoms with Crippen LogP contribution < -0.4 is 9.80 Å². The molecular weight excluding hydrogens is 685 g/mol. The van der Waals surface area contributed by atoms with Crippen LogP contribution in [0, 0.1) is 0 Å². The van der Waals surface area contributed by atoms with Crippen LogP contribution in [0.15, 0.2) is 218 Å². The zero-order valence-electron chi connectivity index (χ0n) is 30.1. The first-order chi connectivity index (χ1) is 27.3. The summed E-state index contributed by atoms with van der Waals surface area (Å²) in [7, 11) is 0. The van der Waals surface area contributed by atoms with Crippen molar-refractivity contribution in [2.75, 3.05) is 9.80 Å². The third-order valence-corrected chi connectivity index (χ3v) is 11.7. The molecular formula is C52H36N2S. The van der Waals surface area contributed by atoms with Crippen molar-refractivity contribution in [3.8, 4) is 22.3 Å². The van der Waals surface area contributed by atoms with E-state index in [0.717, 1.165) is 34.1 Å². The lowest BCUT2D eigenvalue weighted by Crippen LogP contribution is -2.17. The molecule has 0 saturated heterocycles. The van der Waals surface area contributed by atoms with Crippen molar-refractivity contribution in [3.05, 3.63) is 218 Å². The summed E-state index contributed by atoms with van der Waals surface area (Å²) in [6, 6.07) is 78.8. The van der Waals surface area contributed by atoms with Crippen molar-refractivity contribution in [2.24, 2.45) is 0 Å². The summed E-state index contributed by atoms with van der Waals surface area (Å²) in [6.07, 6.45) is 0. The van der Waals surface area contributed by atoms with Crippen molar-refractivity contribution in [3.63, 3.8) is 0 Å². The van der Waals surface area contributed by atoms with E-state index in [1.54, 1.807) is 0 Å². The zero-order valence-corrected chi connectivity index (χ0v) is 30.9. The fraction of sp³-hybridized carbons (Fsp3) is 0. The van der Waals surface area contributed by atoms with Crippen LogP contribution in [0.1, 0.15) is 0 Å². The Balaban J connectivity index is 1.31. The van der Waals surface area contributed by atoms with Crippen LogP contribution in [0.4, 0.5) is 34.1 Å². The number of rotatable bonds is 8. The zero-order chi connectivity index (χ0) is 36.6. The molecule has 0 radical (unpaired) electrons. The molecule has 2 nitrogen and oxygen atoms in total. The number of hydrogen-bond acceptors (Lipinski definition) is 3. The highest BCUT2D eigenvalue weighted by Crippen LogP contribution is 2.53. The summed E-state index contributed by atoms with van der Waals surface area (Å²) in [5.41, 5.74) is 11.3. The number of nitrogens with zero attached hydrogens (tertiary/aromatic N) is 2. The molecule has 0 aliphatic carbocycles. The summed E-state index contributed by atoms with van der Waals surface area (Å²) >= 11 is 1.89. The normalized spacial score (nSPS) is 11.3. The average Bonchev–Trinajstić information content (AvgIpc) is 3.66. The van der Waals surface area contributed by atoms with Gasteiger partial charge in [0.1, 0.15) is 0 Å². The van der Waals surface area contributed by atoms with E-state index < -0.39 is 0 Å². The topological polar surface area (TPSA) is 6.48 Å². The summed E-state index contributed by atoms with van der Waals surface area (Å²) in [5.74, 6) is 0. The highest BCUT2D eigenvalue weighted by atomic mass is 32.1. The van der Waals surface area contributed by atoms with Gasteiger partial charge in [-0.25, -0.2) is 0 Å². The molecule has 10 rings (SSSR count). The van der Waals surface area contributed by atoms with E-state index in [2.05, 4.69) is 228 Å². The number of thiophene rings is 1. The van der Waals surface area contributed by atoms with Gasteiger partial charge in [-0.1, -0.05) is 164 Å². The van der Waals surface area contributed by atoms with Crippen molar-refractivity contribution in [2.45, 2.75) is 0 Å². The molecule has 0 aliphatic heterocycles. The molecule has 0 atom stereocenters. The third-order valence-electron chi connectivity index (χ3n) is 10.4. The van der Waals surface area contributed by atoms with Gasteiger partial charge in [0.25, 0.3) is 0 Å². The summed E-state index contributed by atoms with van der Waals surface area (Å²) in [5, 5.41) is 5.05. The molecule has 0 aliphatic rings. The molecule has 260 valence electrons. The van der Waals surface area contributed by atoms with E-state index in [9.17, 15) is 0 Å². The van der Waals surface area contributed by atoms with Gasteiger partial charge >= 0.3 is 0 Å². The van der Waals surface area contributed by atoms with E-state index in [0.29, 0.717) is 0 Å². The molecule has 1 aromatic heterocycles. The third kappa shape index (κ3) is 6.01. The molecule has 55 heavy (non-hydrogen) atoms. The standard InChI is InChI=1S/C52H36N2S/c1-5-17-37(18-6-1)40-22-15-28-44(35-40)53(42-24-9-3-10-25-42)49-34-33-48-47-32-31-39-21-13-14-30-46(39)51(47)55-52(48)50(49)54(43-26-11-4-12-27-43)45-29-16-23-41(36-45)38-19-7-2-8-20-38/h1-36H. The van der Waals surface area contributed by atoms with Gasteiger partial charge in [-0.3, -0.25) is 0 Å². The second kappa shape index (κ2) is 14.1. The minimum atomic E-state index is 1.09. The van der Waals surface area contributed by atoms with E-state index in [4.69, 9.17) is 0 Å². The van der Waals surface area contributed by atoms with Gasteiger partial charge in [0, 0.05) is 38.2 Å². The minimum absolute atomic E-state index is 1.09. The quantitative estimate of drug-likeness (QED) is 0.154. The molecule has 0 amide bonds. The Bertz CT molecular complexity index is 2920. The van der Waals surface area contributed by atoms with E-state index in [1.807, 2.05) is 11.3 Å². The summed E-state index contributed by atoms with van der Waals surface area (Å²) < 4.78 is 2.54. The van der Waals surface area contributed by atoms with Crippen LogP contribution >= 0.6 is 11.3 Å². The van der Waals surface area contributed by atoms with Gasteiger partial charge < -0.3 is 9.80 Å². The molecule has 10 aromatic rings. The maximum Gasteiger partial charge on any atom is 0.0883 e. The second-order valence-electron chi connectivity index (χ2n) is 13.8. The molecule has 1 heterocycles. The highest BCUT2D eigenvalue weighted by molar-refractivity contribution is 7.27. The Labute approximate surface area is 325 Å². The molecule has 0 N–H and O–H groups in total. The minimum Gasteiger partial charge on any atom is -0.308 e. The molecule has 0 bridgehead atoms. The number of fused-ring (bicyclic) bond motifs is 5. The Morgan fingerprint density at radius 2 is 0.745 bits per heavy atom. The van der Waals surface area contributed by atoms with Crippen molar-refractivity contribution < 1.29 is 0 Å². The number of hydrogen-bond donors (Lipinski definition) is 0. The molecule has 0 spiro atoms. The van der Waals surface area contributed by atoms with Crippen LogP contribution in [0.5, 0.6) is 0 Å². The smallest absolute Gasteiger partial charge is 0.0883 e. The maximum absolute atomic E-state index is 2.47. The lowest BCUT2D eigenvalue weighted by molar-refractivity contribution is 1.24. The number of anilines is 6. The Morgan fingerprint density at radius 3 is 1.36 bits per heavy atom. The molecule has 0 unspecified atom stereocenters. The predicted molar refractivity (Wildman–Crippen MR) is 237 cm³/mol. The number of para-hydroxylation sites is 2. The van der Waals surface area contributed by atoms with Crippen LogP contribution in [-0.4, -0.2) is 0 Å². The van der Waals surface area contributed by atoms with E-state index in [1.165, 1.54) is 53.2 Å². The molecule has 3 heteroatoms. The SMILES string of the molecule is c1ccc(-c2cccc(N(c3ccccc3)c3ccc4c(sc5c6ccccc6ccc45)c3N(c3ccccc3)c3cccc(-c4ccccc4)c3)c2)cc1. The fourth-order valence-electron chi connectivity index (χ4n) is 7.84. The average molecular weight is 721 g/mol. The highest BCUT2D eigenvalue weighted by Gasteiger charge is 2.27. The van der Waals surface area contributed by atoms with Gasteiger partial charge in [0.15, 0.2) is 0 Å². The largest absolute Gasteiger partial charge is 0.308 e. The van der Waals surface area contributed by atoms with E-state index >= 15 is 0 Å². The lowest BCUT2D eigenvalue weighted by atomic mass is 10.0. The van der Waals surface area contributed by atoms with Gasteiger partial charge in [0.05, 0.1) is 16.1 Å². The Morgan fingerprint density at radius 1 is 0.291 bits per heavy atom. The Kier molecular flexibility index (Phi) is 8.40. The van der Waals surface area contributed by atoms with Crippen LogP contribution in [0.2, 0.25) is 0 Å². The maximum atomic E-state index is 2.47. The fourth-order valence-corrected chi connectivity index (χ4v) is 9.21. The van der Waals surface area contributed by atoms with Crippen molar-refractivity contribution >= 4 is 76.4 Å². The first-order valence-corrected chi connectivity index (χ1v) is 19.5. The van der Waals surface area contributed by atoms with Gasteiger partial charge in [-0.2, -0.15) is 0 Å². The molecule has 0 saturated carbocycles. The van der Waals surface area contributed by atoms with Crippen LogP contribution in [0.3, 0.4) is 0 Å². The summed E-state index contributed by atoms with van der Waals surface area (Å²) in [4.78, 5) is 4.90. The van der Waals surface area contributed by atoms with Crippen molar-refractivity contribution in [1.29, 1.82) is 0 Å². The van der Waals surface area contributed by atoms with Gasteiger partial charge in [0.2, 0.25) is 0 Å². The monoisotopic (exact) mass is 720 g/mol. The van der Waals surface area contributed by atoms with Crippen LogP contribution in [-0.2, 0) is 0 Å². The number of benzene rings is 9. The van der Waals surface area contributed by atoms with Gasteiger partial charge in [-0.05, 0) is 87.6 Å². The molecule has 9 aromatic carbocycles. The second-order valence-corrected chi connectivity index (χ2v) is 14.8. The van der Waals surface area contributed by atoms with Crippen molar-refractivity contribution in [1.82, 2.24) is 0 Å². The first-order valence-electron chi connectivity index (χ1n) is 18.7. The van der Waals surface area contributed by atoms with Gasteiger partial charge in [-0.15, -0.1) is 11.3 Å². The van der Waals surface area contributed by atoms with Crippen LogP contribution in [0.25, 0.3) is 53.2 Å². The Hall–Kier alpha value is -6.94. The first kappa shape index (κ1) is 32.7. The lowest BCUT2D eigenvalue weighted by Gasteiger charge is -2.34. The molecule has 0 fully saturated rings. The van der Waals surface area contributed by atoms with E-state index in [-0.39, 0.29) is 0 Å². The predicted octanol–water partition coefficient (Wildman–Crippen LogP) is 15.5. The summed E-state index contributed by atoms with van der Waals surface area (Å²) in [6.45, 7) is 0.